The number of hydrogen-bond acceptors (Lipinski definition) is 4. The Labute approximate surface area is 143 Å². The van der Waals surface area contributed by atoms with E-state index in [9.17, 15) is 10.1 Å². The van der Waals surface area contributed by atoms with Crippen molar-refractivity contribution in [1.82, 2.24) is 9.47 Å². The number of thiophene rings is 1. The average Bonchev–Trinajstić information content (AvgIpc) is 3.32. The molecular formula is C18H15N3O2S. The summed E-state index contributed by atoms with van der Waals surface area (Å²) >= 11 is 1.74. The van der Waals surface area contributed by atoms with E-state index >= 15 is 0 Å². The maximum atomic E-state index is 13.0. The molecule has 0 radical (unpaired) electrons. The van der Waals surface area contributed by atoms with Crippen molar-refractivity contribution in [2.24, 2.45) is 0 Å². The van der Waals surface area contributed by atoms with Gasteiger partial charge in [0.2, 0.25) is 5.88 Å². The molecule has 1 aliphatic heterocycles. The molecule has 0 spiro atoms. The van der Waals surface area contributed by atoms with Gasteiger partial charge in [-0.15, -0.1) is 11.3 Å². The van der Waals surface area contributed by atoms with E-state index in [0.717, 1.165) is 6.42 Å². The Morgan fingerprint density at radius 2 is 2.17 bits per heavy atom. The third-order valence-corrected chi connectivity index (χ3v) is 5.35. The number of hydrogen-bond donors (Lipinski definition) is 0. The second-order valence-electron chi connectivity index (χ2n) is 5.76. The summed E-state index contributed by atoms with van der Waals surface area (Å²) in [7, 11) is 0. The minimum atomic E-state index is -0.136. The van der Waals surface area contributed by atoms with Gasteiger partial charge < -0.3 is 9.32 Å². The smallest absolute Gasteiger partial charge is 0.259 e. The fourth-order valence-electron chi connectivity index (χ4n) is 3.12. The van der Waals surface area contributed by atoms with Crippen molar-refractivity contribution < 1.29 is 9.21 Å². The number of carbonyl (C=O) groups is 1. The Bertz CT molecular complexity index is 944. The van der Waals surface area contributed by atoms with Crippen molar-refractivity contribution in [3.8, 4) is 12.0 Å². The number of furan rings is 1. The van der Waals surface area contributed by atoms with Crippen LogP contribution in [-0.4, -0.2) is 21.9 Å². The summed E-state index contributed by atoms with van der Waals surface area (Å²) in [6.07, 6.45) is 4.46. The van der Waals surface area contributed by atoms with Gasteiger partial charge in [-0.1, -0.05) is 0 Å². The molecule has 3 aromatic heterocycles. The second kappa shape index (κ2) is 5.69. The molecule has 1 amide bonds. The molecule has 0 N–H and O–H groups in total. The lowest BCUT2D eigenvalue weighted by molar-refractivity contribution is 0.0734. The summed E-state index contributed by atoms with van der Waals surface area (Å²) in [6, 6.07) is 7.92. The van der Waals surface area contributed by atoms with Gasteiger partial charge in [-0.25, -0.2) is 0 Å². The molecule has 0 fully saturated rings. The van der Waals surface area contributed by atoms with Crippen molar-refractivity contribution in [3.63, 3.8) is 0 Å². The first kappa shape index (κ1) is 14.8. The van der Waals surface area contributed by atoms with Crippen LogP contribution in [0.3, 0.4) is 0 Å². The Morgan fingerprint density at radius 3 is 2.92 bits per heavy atom. The zero-order valence-electron chi connectivity index (χ0n) is 13.2. The molecule has 0 saturated heterocycles. The zero-order chi connectivity index (χ0) is 16.7. The van der Waals surface area contributed by atoms with E-state index in [-0.39, 0.29) is 5.91 Å². The number of nitrogens with zero attached hydrogens (tertiary/aromatic N) is 3. The molecule has 6 heteroatoms. The number of amides is 1. The molecule has 0 aliphatic carbocycles. The van der Waals surface area contributed by atoms with E-state index in [2.05, 4.69) is 17.5 Å². The molecule has 4 heterocycles. The Morgan fingerprint density at radius 1 is 1.38 bits per heavy atom. The van der Waals surface area contributed by atoms with Crippen molar-refractivity contribution in [2.45, 2.75) is 19.9 Å². The van der Waals surface area contributed by atoms with E-state index in [1.54, 1.807) is 40.1 Å². The van der Waals surface area contributed by atoms with Crippen LogP contribution in [0.4, 0.5) is 0 Å². The number of aryl methyl sites for hydroxylation is 1. The highest BCUT2D eigenvalue weighted by Gasteiger charge is 2.30. The first-order chi connectivity index (χ1) is 11.7. The van der Waals surface area contributed by atoms with Gasteiger partial charge in [0.15, 0.2) is 0 Å². The summed E-state index contributed by atoms with van der Waals surface area (Å²) < 4.78 is 7.46. The first-order valence-corrected chi connectivity index (χ1v) is 8.58. The van der Waals surface area contributed by atoms with E-state index in [1.807, 2.05) is 12.1 Å². The normalized spacial score (nSPS) is 13.6. The Hall–Kier alpha value is -2.78. The maximum Gasteiger partial charge on any atom is 0.259 e. The fourth-order valence-corrected chi connectivity index (χ4v) is 4.01. The summed E-state index contributed by atoms with van der Waals surface area (Å²) in [5, 5.41) is 11.7. The summed E-state index contributed by atoms with van der Waals surface area (Å²) in [5.41, 5.74) is 1.87. The van der Waals surface area contributed by atoms with E-state index in [4.69, 9.17) is 4.42 Å². The van der Waals surface area contributed by atoms with E-state index in [0.29, 0.717) is 35.9 Å². The summed E-state index contributed by atoms with van der Waals surface area (Å²) in [4.78, 5) is 16.2. The monoisotopic (exact) mass is 337 g/mol. The zero-order valence-corrected chi connectivity index (χ0v) is 14.0. The molecule has 1 aliphatic rings. The van der Waals surface area contributed by atoms with Gasteiger partial charge in [-0.05, 0) is 42.5 Å². The lowest BCUT2D eigenvalue weighted by Crippen LogP contribution is -2.35. The highest BCUT2D eigenvalue weighted by atomic mass is 32.1. The number of rotatable bonds is 2. The van der Waals surface area contributed by atoms with Crippen molar-refractivity contribution in [3.05, 3.63) is 63.3 Å². The molecule has 0 aromatic carbocycles. The summed E-state index contributed by atoms with van der Waals surface area (Å²) in [5.74, 6) is 0.746. The number of carbonyl (C=O) groups excluding carboxylic acids is 1. The number of aromatic nitrogens is 1. The second-order valence-corrected chi connectivity index (χ2v) is 6.76. The molecular weight excluding hydrogens is 322 g/mol. The lowest BCUT2D eigenvalue weighted by atomic mass is 10.1. The highest BCUT2D eigenvalue weighted by molar-refractivity contribution is 7.10. The third kappa shape index (κ3) is 2.25. The average molecular weight is 337 g/mol. The van der Waals surface area contributed by atoms with Crippen LogP contribution in [0.5, 0.6) is 0 Å². The predicted molar refractivity (Wildman–Crippen MR) is 90.3 cm³/mol. The van der Waals surface area contributed by atoms with Crippen LogP contribution in [0.15, 0.2) is 40.4 Å². The Kier molecular flexibility index (Phi) is 3.51. The molecule has 0 saturated carbocycles. The molecule has 0 atom stereocenters. The van der Waals surface area contributed by atoms with Gasteiger partial charge in [0.25, 0.3) is 5.91 Å². The molecule has 120 valence electrons. The van der Waals surface area contributed by atoms with Gasteiger partial charge in [-0.2, -0.15) is 5.26 Å². The quantitative estimate of drug-likeness (QED) is 0.719. The van der Waals surface area contributed by atoms with Crippen LogP contribution in [-0.2, 0) is 13.0 Å². The van der Waals surface area contributed by atoms with Gasteiger partial charge in [-0.3, -0.25) is 9.36 Å². The molecule has 24 heavy (non-hydrogen) atoms. The minimum Gasteiger partial charge on any atom is -0.443 e. The van der Waals surface area contributed by atoms with Gasteiger partial charge in [0.05, 0.1) is 0 Å². The first-order valence-electron chi connectivity index (χ1n) is 7.70. The third-order valence-electron chi connectivity index (χ3n) is 4.33. The summed E-state index contributed by atoms with van der Waals surface area (Å²) in [6.45, 7) is 2.99. The van der Waals surface area contributed by atoms with Crippen LogP contribution in [0.25, 0.3) is 5.88 Å². The standard InChI is InChI=1S/C18H15N3O2S/c1-12-16(14(10-19)18(23-12)20-6-2-3-7-20)17(22)21-8-4-15-13(11-21)5-9-24-15/h2-3,5-7,9H,4,8,11H2,1H3. The highest BCUT2D eigenvalue weighted by Crippen LogP contribution is 2.29. The maximum absolute atomic E-state index is 13.0. The fraction of sp³-hybridized carbons (Fsp3) is 0.222. The largest absolute Gasteiger partial charge is 0.443 e. The van der Waals surface area contributed by atoms with Crippen LogP contribution in [0.2, 0.25) is 0 Å². The van der Waals surface area contributed by atoms with Crippen molar-refractivity contribution in [1.29, 1.82) is 5.26 Å². The lowest BCUT2D eigenvalue weighted by Gasteiger charge is -2.26. The number of nitriles is 1. The van der Waals surface area contributed by atoms with Gasteiger partial charge in [0.1, 0.15) is 23.0 Å². The minimum absolute atomic E-state index is 0.136. The van der Waals surface area contributed by atoms with E-state index < -0.39 is 0 Å². The molecule has 0 bridgehead atoms. The molecule has 3 aromatic rings. The van der Waals surface area contributed by atoms with Crippen LogP contribution < -0.4 is 0 Å². The van der Waals surface area contributed by atoms with Gasteiger partial charge in [0, 0.05) is 30.4 Å². The SMILES string of the molecule is Cc1oc(-n2cccc2)c(C#N)c1C(=O)N1CCc2sccc2C1. The Balaban J connectivity index is 1.72. The van der Waals surface area contributed by atoms with Crippen LogP contribution >= 0.6 is 11.3 Å². The van der Waals surface area contributed by atoms with Crippen molar-refractivity contribution >= 4 is 17.2 Å². The molecule has 4 rings (SSSR count). The molecule has 5 nitrogen and oxygen atoms in total. The van der Waals surface area contributed by atoms with Crippen molar-refractivity contribution in [2.75, 3.05) is 6.54 Å². The van der Waals surface area contributed by atoms with E-state index in [1.165, 1.54) is 10.4 Å². The van der Waals surface area contributed by atoms with Crippen LogP contribution in [0.1, 0.15) is 32.1 Å². The molecule has 0 unspecified atom stereocenters. The predicted octanol–water partition coefficient (Wildman–Crippen LogP) is 3.51. The van der Waals surface area contributed by atoms with Gasteiger partial charge >= 0.3 is 0 Å². The topological polar surface area (TPSA) is 62.2 Å². The van der Waals surface area contributed by atoms with Crippen LogP contribution in [0, 0.1) is 18.3 Å². The number of fused-ring (bicyclic) bond motifs is 1.